The molecule has 2 aromatic rings. The predicted molar refractivity (Wildman–Crippen MR) is 62.0 cm³/mol. The van der Waals surface area contributed by atoms with Crippen molar-refractivity contribution in [2.24, 2.45) is 0 Å². The Morgan fingerprint density at radius 3 is 2.59 bits per heavy atom. The summed E-state index contributed by atoms with van der Waals surface area (Å²) in [6, 6.07) is 5.82. The molecule has 1 radical (unpaired) electrons. The summed E-state index contributed by atoms with van der Waals surface area (Å²) in [6.07, 6.45) is 9.35. The Balaban J connectivity index is 1.61. The zero-order valence-electron chi connectivity index (χ0n) is 9.58. The molecule has 17 heavy (non-hydrogen) atoms. The van der Waals surface area contributed by atoms with Crippen molar-refractivity contribution in [2.45, 2.75) is 32.1 Å². The first kappa shape index (κ1) is 11.6. The first-order valence-corrected chi connectivity index (χ1v) is 5.76. The van der Waals surface area contributed by atoms with E-state index < -0.39 is 0 Å². The predicted octanol–water partition coefficient (Wildman–Crippen LogP) is 1.42. The number of hydrogen-bond acceptors (Lipinski definition) is 5. The van der Waals surface area contributed by atoms with Gasteiger partial charge in [-0.3, -0.25) is 4.98 Å². The first-order valence-electron chi connectivity index (χ1n) is 5.76. The monoisotopic (exact) mass is 228 g/mol. The fraction of sp³-hybridized carbons (Fsp3) is 0.417. The average Bonchev–Trinajstić information content (AvgIpc) is 2.41. The van der Waals surface area contributed by atoms with Crippen LogP contribution in [0.5, 0.6) is 0 Å². The Labute approximate surface area is 100 Å². The lowest BCUT2D eigenvalue weighted by Crippen LogP contribution is -1.99. The minimum Gasteiger partial charge on any atom is -0.251 e. The van der Waals surface area contributed by atoms with Gasteiger partial charge in [-0.25, -0.2) is 0 Å². The number of nitrogens with zero attached hydrogens (tertiary/aromatic N) is 5. The maximum atomic E-state index is 4.16. The molecule has 0 spiro atoms. The van der Waals surface area contributed by atoms with Gasteiger partial charge in [-0.05, 0) is 31.4 Å². The zero-order valence-corrected chi connectivity index (χ0v) is 9.58. The summed E-state index contributed by atoms with van der Waals surface area (Å²) in [5, 5.41) is 15.2. The molecule has 2 heterocycles. The molecular formula is C12H14N5. The Hall–Kier alpha value is -1.91. The van der Waals surface area contributed by atoms with Crippen LogP contribution in [-0.2, 0) is 12.8 Å². The van der Waals surface area contributed by atoms with Crippen LogP contribution in [-0.4, -0.2) is 25.4 Å². The lowest BCUT2D eigenvalue weighted by Gasteiger charge is -2.00. The number of rotatable bonds is 6. The Kier molecular flexibility index (Phi) is 4.51. The van der Waals surface area contributed by atoms with Gasteiger partial charge in [-0.15, -0.1) is 20.4 Å². The van der Waals surface area contributed by atoms with Gasteiger partial charge in [0.2, 0.25) is 0 Å². The smallest absolute Gasteiger partial charge is 0.173 e. The number of pyridine rings is 1. The standard InChI is InChI=1S/C12H14N5/c1(2-6-11-7-4-5-9-13-11)3-8-12-16-14-10-15-17-12/h4-5,7,10H,1-3,6,8H2. The van der Waals surface area contributed by atoms with Gasteiger partial charge < -0.3 is 0 Å². The van der Waals surface area contributed by atoms with E-state index in [4.69, 9.17) is 0 Å². The van der Waals surface area contributed by atoms with Crippen LogP contribution in [0.3, 0.4) is 0 Å². The van der Waals surface area contributed by atoms with E-state index in [1.54, 1.807) is 0 Å². The van der Waals surface area contributed by atoms with Crippen molar-refractivity contribution in [1.82, 2.24) is 25.4 Å². The molecule has 0 aliphatic rings. The minimum absolute atomic E-state index is 0.721. The van der Waals surface area contributed by atoms with Gasteiger partial charge in [0.15, 0.2) is 12.2 Å². The highest BCUT2D eigenvalue weighted by Gasteiger charge is 1.98. The molecule has 5 nitrogen and oxygen atoms in total. The lowest BCUT2D eigenvalue weighted by atomic mass is 10.1. The van der Waals surface area contributed by atoms with Crippen LogP contribution < -0.4 is 0 Å². The van der Waals surface area contributed by atoms with Gasteiger partial charge in [-0.2, -0.15) is 0 Å². The maximum absolute atomic E-state index is 4.16. The van der Waals surface area contributed by atoms with Crippen LogP contribution in [0.25, 0.3) is 0 Å². The van der Waals surface area contributed by atoms with E-state index in [1.807, 2.05) is 18.2 Å². The molecule has 5 heteroatoms. The van der Waals surface area contributed by atoms with Gasteiger partial charge in [-0.1, -0.05) is 12.5 Å². The van der Waals surface area contributed by atoms with Gasteiger partial charge in [0.1, 0.15) is 0 Å². The molecule has 0 unspecified atom stereocenters. The highest BCUT2D eigenvalue weighted by atomic mass is 15.3. The topological polar surface area (TPSA) is 64.5 Å². The second-order valence-corrected chi connectivity index (χ2v) is 3.78. The molecule has 87 valence electrons. The SMILES string of the molecule is [c]1cccc(CCCCCc2nncnn2)n1. The summed E-state index contributed by atoms with van der Waals surface area (Å²) in [7, 11) is 0. The summed E-state index contributed by atoms with van der Waals surface area (Å²) in [5.74, 6) is 0.721. The van der Waals surface area contributed by atoms with Crippen LogP contribution in [0.15, 0.2) is 24.5 Å². The molecule has 0 atom stereocenters. The molecule has 0 aromatic carbocycles. The van der Waals surface area contributed by atoms with Gasteiger partial charge in [0, 0.05) is 12.1 Å². The Bertz CT molecular complexity index is 376. The van der Waals surface area contributed by atoms with Crippen molar-refractivity contribution in [3.05, 3.63) is 42.2 Å². The van der Waals surface area contributed by atoms with E-state index in [9.17, 15) is 0 Å². The number of aromatic nitrogens is 5. The third-order valence-corrected chi connectivity index (χ3v) is 2.45. The molecular weight excluding hydrogens is 214 g/mol. The van der Waals surface area contributed by atoms with Gasteiger partial charge in [0.05, 0.1) is 6.20 Å². The van der Waals surface area contributed by atoms with Crippen molar-refractivity contribution >= 4 is 0 Å². The number of aryl methyl sites for hydroxylation is 2. The summed E-state index contributed by atoms with van der Waals surface area (Å²) < 4.78 is 0. The third kappa shape index (κ3) is 4.22. The molecule has 0 saturated heterocycles. The lowest BCUT2D eigenvalue weighted by molar-refractivity contribution is 0.637. The third-order valence-electron chi connectivity index (χ3n) is 2.45. The van der Waals surface area contributed by atoms with E-state index in [-0.39, 0.29) is 0 Å². The summed E-state index contributed by atoms with van der Waals surface area (Å²) in [5.41, 5.74) is 1.10. The molecule has 0 aliphatic heterocycles. The van der Waals surface area contributed by atoms with Crippen LogP contribution in [0, 0.1) is 6.20 Å². The first-order chi connectivity index (χ1) is 8.45. The van der Waals surface area contributed by atoms with E-state index in [2.05, 4.69) is 31.6 Å². The molecule has 2 rings (SSSR count). The van der Waals surface area contributed by atoms with Crippen molar-refractivity contribution in [3.8, 4) is 0 Å². The van der Waals surface area contributed by atoms with Crippen LogP contribution in [0.2, 0.25) is 0 Å². The molecule has 0 bridgehead atoms. The van der Waals surface area contributed by atoms with E-state index >= 15 is 0 Å². The molecule has 0 aliphatic carbocycles. The van der Waals surface area contributed by atoms with E-state index in [0.29, 0.717) is 0 Å². The van der Waals surface area contributed by atoms with E-state index in [1.165, 1.54) is 6.33 Å². The Morgan fingerprint density at radius 1 is 1.00 bits per heavy atom. The van der Waals surface area contributed by atoms with E-state index in [0.717, 1.165) is 43.6 Å². The minimum atomic E-state index is 0.721. The highest BCUT2D eigenvalue weighted by molar-refractivity contribution is 5.02. The number of hydrogen-bond donors (Lipinski definition) is 0. The Morgan fingerprint density at radius 2 is 1.82 bits per heavy atom. The highest BCUT2D eigenvalue weighted by Crippen LogP contribution is 2.05. The average molecular weight is 228 g/mol. The van der Waals surface area contributed by atoms with Gasteiger partial charge >= 0.3 is 0 Å². The zero-order chi connectivity index (χ0) is 11.8. The van der Waals surface area contributed by atoms with Crippen LogP contribution in [0.1, 0.15) is 30.8 Å². The largest absolute Gasteiger partial charge is 0.251 e. The molecule has 0 fully saturated rings. The molecule has 0 N–H and O–H groups in total. The fourth-order valence-corrected chi connectivity index (χ4v) is 1.59. The normalized spacial score (nSPS) is 10.4. The molecule has 0 amide bonds. The second kappa shape index (κ2) is 6.62. The quantitative estimate of drug-likeness (QED) is 0.699. The maximum Gasteiger partial charge on any atom is 0.173 e. The fourth-order valence-electron chi connectivity index (χ4n) is 1.59. The van der Waals surface area contributed by atoms with Crippen molar-refractivity contribution < 1.29 is 0 Å². The van der Waals surface area contributed by atoms with Gasteiger partial charge in [0.25, 0.3) is 0 Å². The van der Waals surface area contributed by atoms with Crippen molar-refractivity contribution in [3.63, 3.8) is 0 Å². The van der Waals surface area contributed by atoms with Crippen LogP contribution in [0.4, 0.5) is 0 Å². The molecule has 0 saturated carbocycles. The molecule has 2 aromatic heterocycles. The summed E-state index contributed by atoms with van der Waals surface area (Å²) in [6.45, 7) is 0. The van der Waals surface area contributed by atoms with Crippen molar-refractivity contribution in [1.29, 1.82) is 0 Å². The summed E-state index contributed by atoms with van der Waals surface area (Å²) in [4.78, 5) is 4.16. The number of unbranched alkanes of at least 4 members (excludes halogenated alkanes) is 2. The van der Waals surface area contributed by atoms with Crippen LogP contribution >= 0.6 is 0 Å². The van der Waals surface area contributed by atoms with Crippen molar-refractivity contribution in [2.75, 3.05) is 0 Å². The summed E-state index contributed by atoms with van der Waals surface area (Å²) >= 11 is 0. The second-order valence-electron chi connectivity index (χ2n) is 3.78.